The van der Waals surface area contributed by atoms with E-state index >= 15 is 0 Å². The van der Waals surface area contributed by atoms with Gasteiger partial charge in [-0.1, -0.05) is 6.07 Å². The van der Waals surface area contributed by atoms with Gasteiger partial charge in [-0.05, 0) is 55.8 Å². The van der Waals surface area contributed by atoms with Crippen molar-refractivity contribution in [2.45, 2.75) is 31.7 Å². The van der Waals surface area contributed by atoms with E-state index < -0.39 is 0 Å². The fourth-order valence-corrected chi connectivity index (χ4v) is 3.23. The fraction of sp³-hybridized carbons (Fsp3) is 0.571. The minimum absolute atomic E-state index is 0.126. The van der Waals surface area contributed by atoms with E-state index in [2.05, 4.69) is 4.90 Å². The quantitative estimate of drug-likeness (QED) is 0.808. The molecule has 1 fully saturated rings. The minimum atomic E-state index is -0.126. The number of hydrogen-bond acceptors (Lipinski definition) is 2. The number of nitrogens with two attached hydrogens (primary N) is 1. The van der Waals surface area contributed by atoms with Gasteiger partial charge in [0.2, 0.25) is 0 Å². The summed E-state index contributed by atoms with van der Waals surface area (Å²) in [4.78, 5) is 2.39. The molecule has 0 bridgehead atoms. The molecule has 17 heavy (non-hydrogen) atoms. The fourth-order valence-electron chi connectivity index (χ4n) is 3.23. The molecule has 2 unspecified atom stereocenters. The van der Waals surface area contributed by atoms with E-state index in [1.807, 2.05) is 6.07 Å². The third-order valence-electron chi connectivity index (χ3n) is 4.24. The number of benzene rings is 1. The summed E-state index contributed by atoms with van der Waals surface area (Å²) >= 11 is 0. The van der Waals surface area contributed by atoms with E-state index in [4.69, 9.17) is 5.73 Å². The normalized spacial score (nSPS) is 27.5. The van der Waals surface area contributed by atoms with Crippen molar-refractivity contribution in [2.24, 2.45) is 11.7 Å². The molecule has 0 amide bonds. The lowest BCUT2D eigenvalue weighted by atomic mass is 9.85. The third-order valence-corrected chi connectivity index (χ3v) is 4.24. The first-order valence-corrected chi connectivity index (χ1v) is 6.53. The van der Waals surface area contributed by atoms with E-state index in [1.165, 1.54) is 24.8 Å². The van der Waals surface area contributed by atoms with Crippen molar-refractivity contribution in [2.75, 3.05) is 18.0 Å². The van der Waals surface area contributed by atoms with Gasteiger partial charge < -0.3 is 10.6 Å². The zero-order chi connectivity index (χ0) is 11.8. The molecule has 92 valence electrons. The first-order chi connectivity index (χ1) is 8.28. The lowest BCUT2D eigenvalue weighted by molar-refractivity contribution is 0.341. The Morgan fingerprint density at radius 2 is 2.18 bits per heavy atom. The Bertz CT molecular complexity index is 419. The molecule has 2 atom stereocenters. The van der Waals surface area contributed by atoms with Crippen LogP contribution in [0.4, 0.5) is 10.1 Å². The maximum atomic E-state index is 13.4. The van der Waals surface area contributed by atoms with E-state index in [-0.39, 0.29) is 5.82 Å². The standard InChI is InChI=1S/C14H19FN2/c15-12-4-2-11-3-6-13-5-1-10(8-16)9-17(13)14(11)7-12/h2,4,7,10,13H,1,3,5-6,8-9,16H2. The Hall–Kier alpha value is -1.09. The van der Waals surface area contributed by atoms with Crippen LogP contribution in [0.5, 0.6) is 0 Å². The maximum Gasteiger partial charge on any atom is 0.125 e. The second kappa shape index (κ2) is 4.30. The van der Waals surface area contributed by atoms with Gasteiger partial charge in [0.1, 0.15) is 5.82 Å². The van der Waals surface area contributed by atoms with Crippen LogP contribution in [-0.4, -0.2) is 19.1 Å². The zero-order valence-corrected chi connectivity index (χ0v) is 10.0. The lowest BCUT2D eigenvalue weighted by Gasteiger charge is -2.45. The van der Waals surface area contributed by atoms with E-state index in [9.17, 15) is 4.39 Å². The molecule has 1 aromatic carbocycles. The number of rotatable bonds is 1. The molecule has 0 aromatic heterocycles. The molecule has 0 saturated carbocycles. The Kier molecular flexibility index (Phi) is 2.79. The second-order valence-electron chi connectivity index (χ2n) is 5.30. The van der Waals surface area contributed by atoms with Crippen molar-refractivity contribution in [1.82, 2.24) is 0 Å². The van der Waals surface area contributed by atoms with Crippen molar-refractivity contribution in [3.63, 3.8) is 0 Å². The molecular weight excluding hydrogens is 215 g/mol. The molecule has 1 aromatic rings. The topological polar surface area (TPSA) is 29.3 Å². The minimum Gasteiger partial charge on any atom is -0.368 e. The summed E-state index contributed by atoms with van der Waals surface area (Å²) in [6.45, 7) is 1.74. The van der Waals surface area contributed by atoms with Crippen LogP contribution in [0.1, 0.15) is 24.8 Å². The molecule has 3 heteroatoms. The Morgan fingerprint density at radius 1 is 1.29 bits per heavy atom. The number of anilines is 1. The molecule has 0 aliphatic carbocycles. The first kappa shape index (κ1) is 11.0. The van der Waals surface area contributed by atoms with Crippen molar-refractivity contribution in [3.05, 3.63) is 29.6 Å². The van der Waals surface area contributed by atoms with Gasteiger partial charge in [0, 0.05) is 18.3 Å². The van der Waals surface area contributed by atoms with Gasteiger partial charge in [-0.3, -0.25) is 0 Å². The Labute approximate surface area is 102 Å². The highest BCUT2D eigenvalue weighted by Gasteiger charge is 2.31. The molecule has 2 aliphatic heterocycles. The number of nitrogens with zero attached hydrogens (tertiary/aromatic N) is 1. The number of halogens is 1. The smallest absolute Gasteiger partial charge is 0.125 e. The van der Waals surface area contributed by atoms with E-state index in [1.54, 1.807) is 12.1 Å². The molecule has 2 N–H and O–H groups in total. The van der Waals surface area contributed by atoms with Crippen LogP contribution in [0.3, 0.4) is 0 Å². The highest BCUT2D eigenvalue weighted by atomic mass is 19.1. The summed E-state index contributed by atoms with van der Waals surface area (Å²) < 4.78 is 13.4. The van der Waals surface area contributed by atoms with Gasteiger partial charge in [0.25, 0.3) is 0 Å². The number of fused-ring (bicyclic) bond motifs is 3. The predicted octanol–water partition coefficient (Wildman–Crippen LogP) is 2.32. The zero-order valence-electron chi connectivity index (χ0n) is 10.0. The van der Waals surface area contributed by atoms with Gasteiger partial charge in [-0.25, -0.2) is 4.39 Å². The Balaban J connectivity index is 1.94. The van der Waals surface area contributed by atoms with Crippen molar-refractivity contribution >= 4 is 5.69 Å². The van der Waals surface area contributed by atoms with E-state index in [0.717, 1.165) is 25.2 Å². The number of hydrogen-bond donors (Lipinski definition) is 1. The number of piperidine rings is 1. The first-order valence-electron chi connectivity index (χ1n) is 6.53. The monoisotopic (exact) mass is 234 g/mol. The molecule has 2 heterocycles. The summed E-state index contributed by atoms with van der Waals surface area (Å²) in [7, 11) is 0. The summed E-state index contributed by atoms with van der Waals surface area (Å²) in [5.41, 5.74) is 8.18. The summed E-state index contributed by atoms with van der Waals surface area (Å²) in [5.74, 6) is 0.444. The average molecular weight is 234 g/mol. The van der Waals surface area contributed by atoms with Gasteiger partial charge in [-0.2, -0.15) is 0 Å². The summed E-state index contributed by atoms with van der Waals surface area (Å²) in [5, 5.41) is 0. The highest BCUT2D eigenvalue weighted by Crippen LogP contribution is 2.36. The van der Waals surface area contributed by atoms with Crippen LogP contribution in [0.2, 0.25) is 0 Å². The van der Waals surface area contributed by atoms with Crippen LogP contribution in [0, 0.1) is 11.7 Å². The van der Waals surface area contributed by atoms with Gasteiger partial charge in [0.15, 0.2) is 0 Å². The summed E-state index contributed by atoms with van der Waals surface area (Å²) in [6, 6.07) is 5.81. The van der Waals surface area contributed by atoms with E-state index in [0.29, 0.717) is 12.0 Å². The van der Waals surface area contributed by atoms with Crippen LogP contribution in [0.25, 0.3) is 0 Å². The van der Waals surface area contributed by atoms with Crippen molar-refractivity contribution < 1.29 is 4.39 Å². The molecule has 3 rings (SSSR count). The van der Waals surface area contributed by atoms with Crippen molar-refractivity contribution in [3.8, 4) is 0 Å². The van der Waals surface area contributed by atoms with Crippen LogP contribution < -0.4 is 10.6 Å². The largest absolute Gasteiger partial charge is 0.368 e. The van der Waals surface area contributed by atoms with Crippen molar-refractivity contribution in [1.29, 1.82) is 0 Å². The lowest BCUT2D eigenvalue weighted by Crippen LogP contribution is -2.47. The SMILES string of the molecule is NCC1CCC2CCc3ccc(F)cc3N2C1. The highest BCUT2D eigenvalue weighted by molar-refractivity contribution is 5.57. The van der Waals surface area contributed by atoms with Gasteiger partial charge in [-0.15, -0.1) is 0 Å². The predicted molar refractivity (Wildman–Crippen MR) is 67.6 cm³/mol. The van der Waals surface area contributed by atoms with Crippen LogP contribution in [-0.2, 0) is 6.42 Å². The van der Waals surface area contributed by atoms with Crippen LogP contribution in [0.15, 0.2) is 18.2 Å². The Morgan fingerprint density at radius 3 is 3.00 bits per heavy atom. The second-order valence-corrected chi connectivity index (χ2v) is 5.30. The maximum absolute atomic E-state index is 13.4. The molecule has 0 radical (unpaired) electrons. The van der Waals surface area contributed by atoms with Gasteiger partial charge >= 0.3 is 0 Å². The molecular formula is C14H19FN2. The average Bonchev–Trinajstić information content (AvgIpc) is 2.38. The molecule has 2 nitrogen and oxygen atoms in total. The number of aryl methyl sites for hydroxylation is 1. The summed E-state index contributed by atoms with van der Waals surface area (Å²) in [6.07, 6.45) is 4.72. The molecule has 0 spiro atoms. The third kappa shape index (κ3) is 1.93. The van der Waals surface area contributed by atoms with Crippen LogP contribution >= 0.6 is 0 Å². The van der Waals surface area contributed by atoms with Gasteiger partial charge in [0.05, 0.1) is 0 Å². The molecule has 1 saturated heterocycles. The molecule has 2 aliphatic rings.